The molecule has 4 aromatic heterocycles. The van der Waals surface area contributed by atoms with Crippen molar-refractivity contribution in [3.8, 4) is 79.2 Å². The lowest BCUT2D eigenvalue weighted by Crippen LogP contribution is -2.00. The maximum absolute atomic E-state index is 6.12. The van der Waals surface area contributed by atoms with Crippen LogP contribution in [0.1, 0.15) is 0 Å². The van der Waals surface area contributed by atoms with E-state index in [-0.39, 0.29) is 0 Å². The lowest BCUT2D eigenvalue weighted by atomic mass is 10.0. The molecule has 8 aromatic carbocycles. The zero-order chi connectivity index (χ0) is 41.0. The van der Waals surface area contributed by atoms with Gasteiger partial charge in [0.25, 0.3) is 0 Å². The van der Waals surface area contributed by atoms with Crippen LogP contribution in [-0.2, 0) is 0 Å². The molecule has 0 saturated heterocycles. The fraction of sp³-hybridized carbons (Fsp3) is 0. The van der Waals surface area contributed by atoms with Crippen LogP contribution in [-0.4, -0.2) is 24.9 Å². The van der Waals surface area contributed by atoms with Crippen LogP contribution in [0.5, 0.6) is 0 Å². The van der Waals surface area contributed by atoms with Gasteiger partial charge in [-0.1, -0.05) is 146 Å². The predicted octanol–water partition coefficient (Wildman–Crippen LogP) is 14.1. The first-order valence-electron chi connectivity index (χ1n) is 20.5. The van der Waals surface area contributed by atoms with E-state index < -0.39 is 0 Å². The molecule has 0 unspecified atom stereocenters. The molecule has 0 atom stereocenters. The first-order valence-corrected chi connectivity index (χ1v) is 20.5. The van der Waals surface area contributed by atoms with Crippen molar-refractivity contribution in [1.82, 2.24) is 24.9 Å². The summed E-state index contributed by atoms with van der Waals surface area (Å²) in [6.45, 7) is 0. The number of rotatable bonds is 7. The molecule has 12 rings (SSSR count). The Morgan fingerprint density at radius 3 is 1.13 bits per heavy atom. The minimum absolute atomic E-state index is 0.595. The molecule has 290 valence electrons. The van der Waals surface area contributed by atoms with E-state index in [1.165, 1.54) is 0 Å². The third-order valence-electron chi connectivity index (χ3n) is 11.4. The maximum atomic E-state index is 6.12. The van der Waals surface area contributed by atoms with Crippen molar-refractivity contribution in [3.05, 3.63) is 200 Å². The highest BCUT2D eigenvalue weighted by molar-refractivity contribution is 6.07. The van der Waals surface area contributed by atoms with Gasteiger partial charge in [0, 0.05) is 54.9 Å². The Labute approximate surface area is 355 Å². The van der Waals surface area contributed by atoms with Crippen molar-refractivity contribution in [2.45, 2.75) is 0 Å². The summed E-state index contributed by atoms with van der Waals surface area (Å²) in [5.74, 6) is 2.46. The minimum Gasteiger partial charge on any atom is -0.456 e. The second-order valence-corrected chi connectivity index (χ2v) is 15.3. The van der Waals surface area contributed by atoms with Gasteiger partial charge in [0.05, 0.1) is 11.4 Å². The fourth-order valence-corrected chi connectivity index (χ4v) is 8.21. The lowest BCUT2D eigenvalue weighted by molar-refractivity contribution is 0.668. The van der Waals surface area contributed by atoms with Gasteiger partial charge in [0.2, 0.25) is 0 Å². The van der Waals surface area contributed by atoms with Gasteiger partial charge in [-0.05, 0) is 65.7 Å². The maximum Gasteiger partial charge on any atom is 0.164 e. The van der Waals surface area contributed by atoms with Gasteiger partial charge in [0.15, 0.2) is 23.3 Å². The molecule has 0 amide bonds. The Morgan fingerprint density at radius 1 is 0.226 bits per heavy atom. The molecule has 0 spiro atoms. The normalized spacial score (nSPS) is 11.5. The number of para-hydroxylation sites is 2. The molecule has 0 bridgehead atoms. The molecular weight excluding hydrogens is 763 g/mol. The van der Waals surface area contributed by atoms with E-state index in [0.29, 0.717) is 23.3 Å². The van der Waals surface area contributed by atoms with Gasteiger partial charge in [-0.3, -0.25) is 0 Å². The Kier molecular flexibility index (Phi) is 8.35. The molecule has 12 aromatic rings. The molecule has 0 aliphatic heterocycles. The largest absolute Gasteiger partial charge is 0.456 e. The monoisotopic (exact) mass is 795 g/mol. The number of aromatic nitrogens is 5. The zero-order valence-electron chi connectivity index (χ0n) is 33.1. The predicted molar refractivity (Wildman–Crippen MR) is 248 cm³/mol. The van der Waals surface area contributed by atoms with Crippen LogP contribution in [0.4, 0.5) is 0 Å². The Morgan fingerprint density at radius 2 is 0.581 bits per heavy atom. The molecule has 0 aliphatic carbocycles. The van der Waals surface area contributed by atoms with Gasteiger partial charge in [0.1, 0.15) is 22.3 Å². The third kappa shape index (κ3) is 6.36. The highest BCUT2D eigenvalue weighted by atomic mass is 16.3. The summed E-state index contributed by atoms with van der Waals surface area (Å²) >= 11 is 0. The Balaban J connectivity index is 0.883. The summed E-state index contributed by atoms with van der Waals surface area (Å²) in [5.41, 5.74) is 12.9. The van der Waals surface area contributed by atoms with Gasteiger partial charge in [-0.15, -0.1) is 0 Å². The van der Waals surface area contributed by atoms with Crippen LogP contribution in [0.2, 0.25) is 0 Å². The van der Waals surface area contributed by atoms with Crippen LogP contribution >= 0.6 is 0 Å². The number of hydrogen-bond donors (Lipinski definition) is 0. The average molecular weight is 796 g/mol. The van der Waals surface area contributed by atoms with Crippen LogP contribution < -0.4 is 0 Å². The molecule has 0 saturated carbocycles. The second kappa shape index (κ2) is 14.6. The SMILES string of the molecule is c1ccc(-c2cc(-c3ccc4oc5ccccc5c4c3)nc(-c3ccc(-c4ccc(-c5nc(-c6ccccc6)nc(-c6ccc7oc8ccccc8c7c6)n5)cc4)cc3)n2)cc1. The van der Waals surface area contributed by atoms with Gasteiger partial charge in [-0.25, -0.2) is 24.9 Å². The number of hydrogen-bond acceptors (Lipinski definition) is 7. The van der Waals surface area contributed by atoms with Crippen molar-refractivity contribution in [3.63, 3.8) is 0 Å². The summed E-state index contributed by atoms with van der Waals surface area (Å²) in [5, 5.41) is 4.22. The van der Waals surface area contributed by atoms with E-state index in [2.05, 4.69) is 97.1 Å². The van der Waals surface area contributed by atoms with Gasteiger partial charge >= 0.3 is 0 Å². The molecule has 0 radical (unpaired) electrons. The van der Waals surface area contributed by atoms with Gasteiger partial charge in [-0.2, -0.15) is 0 Å². The van der Waals surface area contributed by atoms with E-state index >= 15 is 0 Å². The zero-order valence-corrected chi connectivity index (χ0v) is 33.1. The molecule has 0 N–H and O–H groups in total. The molecule has 4 heterocycles. The molecule has 0 aliphatic rings. The van der Waals surface area contributed by atoms with Crippen molar-refractivity contribution < 1.29 is 8.83 Å². The minimum atomic E-state index is 0.595. The first-order chi connectivity index (χ1) is 30.7. The molecule has 0 fully saturated rings. The van der Waals surface area contributed by atoms with E-state index in [1.54, 1.807) is 0 Å². The van der Waals surface area contributed by atoms with E-state index in [9.17, 15) is 0 Å². The first kappa shape index (κ1) is 35.4. The van der Waals surface area contributed by atoms with Crippen molar-refractivity contribution >= 4 is 43.9 Å². The van der Waals surface area contributed by atoms with Crippen molar-refractivity contribution in [1.29, 1.82) is 0 Å². The van der Waals surface area contributed by atoms with E-state index in [4.69, 9.17) is 33.8 Å². The standard InChI is InChI=1S/C55H33N5O2/c1-3-11-36(12-4-1)46-33-47(40-27-29-50-44(31-40)42-15-7-9-17-48(42)61-50)57-52(56-46)38-23-19-34(20-24-38)35-21-25-39(26-22-35)54-58-53(37-13-5-2-6-14-37)59-55(60-54)41-28-30-51-45(32-41)43-16-8-10-18-49(43)62-51/h1-33H. The average Bonchev–Trinajstić information content (AvgIpc) is 3.92. The summed E-state index contributed by atoms with van der Waals surface area (Å²) in [7, 11) is 0. The third-order valence-corrected chi connectivity index (χ3v) is 11.4. The van der Waals surface area contributed by atoms with Crippen molar-refractivity contribution in [2.75, 3.05) is 0 Å². The smallest absolute Gasteiger partial charge is 0.164 e. The Hall–Kier alpha value is -8.55. The molecule has 62 heavy (non-hydrogen) atoms. The van der Waals surface area contributed by atoms with E-state index in [1.807, 2.05) is 103 Å². The highest BCUT2D eigenvalue weighted by Gasteiger charge is 2.17. The number of benzene rings is 8. The fourth-order valence-electron chi connectivity index (χ4n) is 8.21. The Bertz CT molecular complexity index is 3370. The van der Waals surface area contributed by atoms with Crippen LogP contribution in [0.15, 0.2) is 209 Å². The quantitative estimate of drug-likeness (QED) is 0.159. The summed E-state index contributed by atoms with van der Waals surface area (Å²) in [4.78, 5) is 25.2. The number of furan rings is 2. The summed E-state index contributed by atoms with van der Waals surface area (Å²) in [6.07, 6.45) is 0. The molecular formula is C55H33N5O2. The van der Waals surface area contributed by atoms with Crippen LogP contribution in [0.25, 0.3) is 123 Å². The van der Waals surface area contributed by atoms with Crippen LogP contribution in [0.3, 0.4) is 0 Å². The topological polar surface area (TPSA) is 90.7 Å². The molecule has 7 nitrogen and oxygen atoms in total. The van der Waals surface area contributed by atoms with Crippen molar-refractivity contribution in [2.24, 2.45) is 0 Å². The number of nitrogens with zero attached hydrogens (tertiary/aromatic N) is 5. The molecule has 7 heteroatoms. The summed E-state index contributed by atoms with van der Waals surface area (Å²) < 4.78 is 12.2. The lowest BCUT2D eigenvalue weighted by Gasteiger charge is -2.11. The second-order valence-electron chi connectivity index (χ2n) is 15.3. The van der Waals surface area contributed by atoms with Gasteiger partial charge < -0.3 is 8.83 Å². The number of fused-ring (bicyclic) bond motifs is 6. The van der Waals surface area contributed by atoms with E-state index in [0.717, 1.165) is 99.8 Å². The highest BCUT2D eigenvalue weighted by Crippen LogP contribution is 2.36. The van der Waals surface area contributed by atoms with Crippen LogP contribution in [0, 0.1) is 0 Å². The summed E-state index contributed by atoms with van der Waals surface area (Å²) in [6, 6.07) is 67.7.